The molecule has 0 bridgehead atoms. The summed E-state index contributed by atoms with van der Waals surface area (Å²) >= 11 is 0. The van der Waals surface area contributed by atoms with Crippen LogP contribution in [0.3, 0.4) is 0 Å². The van der Waals surface area contributed by atoms with Crippen LogP contribution in [0.4, 0.5) is 0 Å². The molecule has 16 atom stereocenters. The van der Waals surface area contributed by atoms with Crippen molar-refractivity contribution >= 4 is 0 Å². The molecular formula is C36H54. The van der Waals surface area contributed by atoms with Crippen molar-refractivity contribution in [3.63, 3.8) is 0 Å². The van der Waals surface area contributed by atoms with E-state index in [2.05, 4.69) is 83.1 Å². The molecule has 0 N–H and O–H groups in total. The molecule has 0 heteroatoms. The predicted octanol–water partition coefficient (Wildman–Crippen LogP) is 9.24. The molecule has 198 valence electrons. The number of hydrogen-bond donors (Lipinski definition) is 0. The molecule has 10 saturated carbocycles. The highest BCUT2D eigenvalue weighted by Crippen LogP contribution is 3.12. The van der Waals surface area contributed by atoms with Crippen LogP contribution in [0.5, 0.6) is 0 Å². The highest BCUT2D eigenvalue weighted by atomic mass is 15.1. The fourth-order valence-corrected chi connectivity index (χ4v) is 19.1. The van der Waals surface area contributed by atoms with Gasteiger partial charge in [-0.1, -0.05) is 83.1 Å². The van der Waals surface area contributed by atoms with Crippen LogP contribution in [-0.2, 0) is 0 Å². The molecule has 0 aromatic rings. The van der Waals surface area contributed by atoms with Crippen molar-refractivity contribution in [2.24, 2.45) is 100 Å². The monoisotopic (exact) mass is 486 g/mol. The van der Waals surface area contributed by atoms with Gasteiger partial charge in [-0.05, 0) is 139 Å². The van der Waals surface area contributed by atoms with Crippen LogP contribution in [0.15, 0.2) is 0 Å². The smallest absolute Gasteiger partial charge is 0.0139 e. The third-order valence-electron chi connectivity index (χ3n) is 20.8. The molecule has 0 aromatic carbocycles. The summed E-state index contributed by atoms with van der Waals surface area (Å²) in [7, 11) is 0. The molecule has 10 aliphatic carbocycles. The first-order chi connectivity index (χ1) is 16.3. The maximum atomic E-state index is 2.91. The summed E-state index contributed by atoms with van der Waals surface area (Å²) in [6, 6.07) is 0. The van der Waals surface area contributed by atoms with Crippen molar-refractivity contribution in [3.8, 4) is 0 Å². The minimum atomic E-state index is 0.550. The first-order valence-corrected chi connectivity index (χ1v) is 16.3. The Morgan fingerprint density at radius 3 is 0.944 bits per heavy atom. The van der Waals surface area contributed by atoms with Gasteiger partial charge < -0.3 is 0 Å². The van der Waals surface area contributed by atoms with Crippen LogP contribution in [0.25, 0.3) is 0 Å². The van der Waals surface area contributed by atoms with E-state index in [1.165, 1.54) is 0 Å². The fourth-order valence-electron chi connectivity index (χ4n) is 19.1. The molecule has 6 unspecified atom stereocenters. The van der Waals surface area contributed by atoms with Crippen molar-refractivity contribution in [1.29, 1.82) is 0 Å². The Morgan fingerprint density at radius 2 is 0.667 bits per heavy atom. The third-order valence-corrected chi connectivity index (χ3v) is 20.8. The van der Waals surface area contributed by atoms with Gasteiger partial charge in [0.25, 0.3) is 0 Å². The molecule has 10 aliphatic rings. The van der Waals surface area contributed by atoms with Gasteiger partial charge in [-0.25, -0.2) is 0 Å². The Bertz CT molecular complexity index is 1160. The van der Waals surface area contributed by atoms with Crippen LogP contribution < -0.4 is 0 Å². The lowest BCUT2D eigenvalue weighted by Crippen LogP contribution is -2.69. The second kappa shape index (κ2) is 4.39. The second-order valence-electron chi connectivity index (χ2n) is 20.6. The molecule has 0 nitrogen and oxygen atoms in total. The molecule has 10 fully saturated rings. The van der Waals surface area contributed by atoms with E-state index in [1.54, 1.807) is 38.5 Å². The first kappa shape index (κ1) is 21.8. The molecule has 0 aromatic heterocycles. The van der Waals surface area contributed by atoms with Gasteiger partial charge in [-0.15, -0.1) is 0 Å². The zero-order valence-electron chi connectivity index (χ0n) is 25.7. The largest absolute Gasteiger partial charge is 0.0617 e. The van der Waals surface area contributed by atoms with Gasteiger partial charge in [-0.3, -0.25) is 0 Å². The zero-order chi connectivity index (χ0) is 25.7. The normalized spacial score (nSPS) is 81.7. The zero-order valence-corrected chi connectivity index (χ0v) is 25.7. The van der Waals surface area contributed by atoms with Gasteiger partial charge in [0.2, 0.25) is 0 Å². The van der Waals surface area contributed by atoms with Crippen LogP contribution in [0, 0.1) is 100 Å². The summed E-state index contributed by atoms with van der Waals surface area (Å²) < 4.78 is 0. The maximum Gasteiger partial charge on any atom is -0.0139 e. The molecule has 0 amide bonds. The second-order valence-corrected chi connectivity index (χ2v) is 20.6. The Morgan fingerprint density at radius 1 is 0.361 bits per heavy atom. The minimum Gasteiger partial charge on any atom is -0.0617 e. The maximum absolute atomic E-state index is 2.91. The molecule has 10 rings (SSSR count). The molecule has 4 spiro atoms. The van der Waals surface area contributed by atoms with E-state index < -0.39 is 0 Å². The van der Waals surface area contributed by atoms with Crippen LogP contribution >= 0.6 is 0 Å². The van der Waals surface area contributed by atoms with E-state index in [-0.39, 0.29) is 0 Å². The standard InChI is InChI=1S/C36H54/c1-19-21-23-24-22(34(14-26(34,5)6)32(12)18-35(23,32)29(9)15-27(19,29)7)20(2)28(8)16-30(28,10)36(24)17-31(36,11)33(21)13-25(33,3)4/h19-24H,13-18H2,1-12H3/t19?,20?,21?,22?,23?,24?,27-,28+,29-,30+,31-,32+,33-,34-,35-,36-/m0/s1. The number of fused-ring (bicyclic) bond motifs is 6. The summed E-state index contributed by atoms with van der Waals surface area (Å²) in [6.07, 6.45) is 9.37. The van der Waals surface area contributed by atoms with E-state index >= 15 is 0 Å². The summed E-state index contributed by atoms with van der Waals surface area (Å²) in [5.41, 5.74) is 7.19. The van der Waals surface area contributed by atoms with E-state index in [0.29, 0.717) is 65.0 Å². The fraction of sp³-hybridized carbons (Fsp3) is 1.00. The van der Waals surface area contributed by atoms with Gasteiger partial charge in [-0.2, -0.15) is 0 Å². The Balaban J connectivity index is 1.34. The quantitative estimate of drug-likeness (QED) is 0.320. The highest BCUT2D eigenvalue weighted by molar-refractivity contribution is 5.54. The van der Waals surface area contributed by atoms with Gasteiger partial charge in [0.15, 0.2) is 0 Å². The lowest BCUT2D eigenvalue weighted by atomic mass is 9.31. The lowest BCUT2D eigenvalue weighted by molar-refractivity contribution is -0.262. The van der Waals surface area contributed by atoms with E-state index in [1.807, 2.05) is 0 Å². The van der Waals surface area contributed by atoms with Gasteiger partial charge in [0.1, 0.15) is 0 Å². The predicted molar refractivity (Wildman–Crippen MR) is 146 cm³/mol. The van der Waals surface area contributed by atoms with E-state index in [0.717, 1.165) is 35.5 Å². The van der Waals surface area contributed by atoms with Crippen molar-refractivity contribution in [2.45, 2.75) is 122 Å². The molecule has 36 heavy (non-hydrogen) atoms. The van der Waals surface area contributed by atoms with Crippen LogP contribution in [0.2, 0.25) is 0 Å². The Labute approximate surface area is 221 Å². The average Bonchev–Trinajstić information content (AvgIpc) is 3.51. The van der Waals surface area contributed by atoms with Gasteiger partial charge >= 0.3 is 0 Å². The summed E-state index contributed by atoms with van der Waals surface area (Å²) in [5, 5.41) is 0. The van der Waals surface area contributed by atoms with Gasteiger partial charge in [0.05, 0.1) is 0 Å². The van der Waals surface area contributed by atoms with E-state index in [4.69, 9.17) is 0 Å². The van der Waals surface area contributed by atoms with Crippen molar-refractivity contribution in [1.82, 2.24) is 0 Å². The molecule has 0 heterocycles. The lowest BCUT2D eigenvalue weighted by Gasteiger charge is -2.72. The Hall–Kier alpha value is 0. The molecule has 0 radical (unpaired) electrons. The van der Waals surface area contributed by atoms with Crippen molar-refractivity contribution in [2.75, 3.05) is 0 Å². The topological polar surface area (TPSA) is 0 Å². The van der Waals surface area contributed by atoms with Crippen LogP contribution in [-0.4, -0.2) is 0 Å². The summed E-state index contributed by atoms with van der Waals surface area (Å²) in [6.45, 7) is 33.6. The Kier molecular flexibility index (Phi) is 2.66. The molecular weight excluding hydrogens is 432 g/mol. The summed E-state index contributed by atoms with van der Waals surface area (Å²) in [5.74, 6) is 5.84. The van der Waals surface area contributed by atoms with E-state index in [9.17, 15) is 0 Å². The highest BCUT2D eigenvalue weighted by Gasteiger charge is 3.07. The SMILES string of the molecule is CC1C2C3C4C(C(C)[C@@]5(C)C[C@@]5(C)[C@]45C[C@@]5(C)[C@@]24CC4(C)C)[C@]2(CC2(C)C)[C@@]2(C)C[C@@]32[C@@]2(C)C[C@@]12C. The first-order valence-electron chi connectivity index (χ1n) is 16.3. The number of rotatable bonds is 0. The molecule has 0 aliphatic heterocycles. The third kappa shape index (κ3) is 1.28. The summed E-state index contributed by atoms with van der Waals surface area (Å²) in [4.78, 5) is 0. The van der Waals surface area contributed by atoms with Crippen molar-refractivity contribution < 1.29 is 0 Å². The minimum absolute atomic E-state index is 0.550. The van der Waals surface area contributed by atoms with Gasteiger partial charge in [0, 0.05) is 0 Å². The number of hydrogen-bond acceptors (Lipinski definition) is 0. The molecule has 0 saturated heterocycles. The van der Waals surface area contributed by atoms with Crippen molar-refractivity contribution in [3.05, 3.63) is 0 Å². The average molecular weight is 487 g/mol. The van der Waals surface area contributed by atoms with Crippen LogP contribution in [0.1, 0.15) is 122 Å².